The largest absolute Gasteiger partial charge is 0.208 e. The first kappa shape index (κ1) is 34.3. The van der Waals surface area contributed by atoms with Gasteiger partial charge in [0.2, 0.25) is 0 Å². The van der Waals surface area contributed by atoms with E-state index in [0.29, 0.717) is 17.5 Å². The molecule has 0 atom stereocenters. The Bertz CT molecular complexity index is 2790. The van der Waals surface area contributed by atoms with Gasteiger partial charge in [-0.15, -0.1) is 0 Å². The minimum Gasteiger partial charge on any atom is -0.208 e. The van der Waals surface area contributed by atoms with E-state index < -0.39 is 5.41 Å². The lowest BCUT2D eigenvalue weighted by molar-refractivity contribution is 0.767. The summed E-state index contributed by atoms with van der Waals surface area (Å²) in [6.45, 7) is 4.32. The molecule has 1 heterocycles. The Morgan fingerprint density at radius 2 is 0.719 bits per heavy atom. The molecule has 0 amide bonds. The Labute approximate surface area is 334 Å². The summed E-state index contributed by atoms with van der Waals surface area (Å²) in [5.74, 6) is 1.94. The molecule has 0 aliphatic heterocycles. The Kier molecular flexibility index (Phi) is 8.49. The van der Waals surface area contributed by atoms with E-state index >= 15 is 0 Å². The van der Waals surface area contributed by atoms with E-state index in [-0.39, 0.29) is 0 Å². The van der Waals surface area contributed by atoms with E-state index in [2.05, 4.69) is 153 Å². The van der Waals surface area contributed by atoms with Crippen molar-refractivity contribution in [2.45, 2.75) is 19.3 Å². The highest BCUT2D eigenvalue weighted by Crippen LogP contribution is 2.58. The van der Waals surface area contributed by atoms with Gasteiger partial charge in [0.1, 0.15) is 0 Å². The summed E-state index contributed by atoms with van der Waals surface area (Å²) in [6.07, 6.45) is 0. The van der Waals surface area contributed by atoms with Gasteiger partial charge in [0.15, 0.2) is 17.5 Å². The van der Waals surface area contributed by atoms with Gasteiger partial charge < -0.3 is 0 Å². The van der Waals surface area contributed by atoms with Crippen LogP contribution in [0.4, 0.5) is 0 Å². The molecule has 0 saturated carbocycles. The third kappa shape index (κ3) is 5.96. The highest BCUT2D eigenvalue weighted by molar-refractivity contribution is 5.96. The van der Waals surface area contributed by atoms with Crippen molar-refractivity contribution in [1.82, 2.24) is 15.0 Å². The Morgan fingerprint density at radius 3 is 1.30 bits per heavy atom. The number of hydrogen-bond acceptors (Lipinski definition) is 3. The van der Waals surface area contributed by atoms with Gasteiger partial charge >= 0.3 is 0 Å². The van der Waals surface area contributed by atoms with Crippen LogP contribution in [0.3, 0.4) is 0 Å². The Balaban J connectivity index is 1.11. The highest BCUT2D eigenvalue weighted by atomic mass is 15.0. The van der Waals surface area contributed by atoms with Crippen molar-refractivity contribution >= 4 is 0 Å². The first-order valence-corrected chi connectivity index (χ1v) is 19.5. The maximum atomic E-state index is 5.01. The van der Waals surface area contributed by atoms with E-state index in [1.807, 2.05) is 60.7 Å². The van der Waals surface area contributed by atoms with Crippen LogP contribution < -0.4 is 0 Å². The van der Waals surface area contributed by atoms with Crippen LogP contribution in [0.1, 0.15) is 33.4 Å². The molecular formula is C54H39N3. The maximum Gasteiger partial charge on any atom is 0.164 e. The lowest BCUT2D eigenvalue weighted by Gasteiger charge is -2.34. The molecule has 10 rings (SSSR count). The predicted molar refractivity (Wildman–Crippen MR) is 234 cm³/mol. The molecule has 8 aromatic carbocycles. The lowest BCUT2D eigenvalue weighted by Crippen LogP contribution is -2.28. The number of fused-ring (bicyclic) bond motifs is 3. The van der Waals surface area contributed by atoms with Gasteiger partial charge in [0, 0.05) is 16.7 Å². The molecule has 57 heavy (non-hydrogen) atoms. The van der Waals surface area contributed by atoms with Crippen LogP contribution in [0.2, 0.25) is 0 Å². The normalized spacial score (nSPS) is 12.5. The van der Waals surface area contributed by atoms with Crippen LogP contribution in [-0.4, -0.2) is 15.0 Å². The molecule has 3 nitrogen and oxygen atoms in total. The summed E-state index contributed by atoms with van der Waals surface area (Å²) in [6, 6.07) is 71.8. The number of aryl methyl sites for hydroxylation is 2. The molecule has 1 aliphatic rings. The number of nitrogens with zero attached hydrogens (tertiary/aromatic N) is 3. The minimum absolute atomic E-state index is 0.461. The van der Waals surface area contributed by atoms with Crippen molar-refractivity contribution < 1.29 is 0 Å². The first-order valence-electron chi connectivity index (χ1n) is 19.5. The van der Waals surface area contributed by atoms with E-state index in [1.165, 1.54) is 55.6 Å². The quantitative estimate of drug-likeness (QED) is 0.164. The van der Waals surface area contributed by atoms with Gasteiger partial charge in [-0.05, 0) is 81.6 Å². The fraction of sp³-hybridized carbons (Fsp3) is 0.0556. The lowest BCUT2D eigenvalue weighted by atomic mass is 9.67. The maximum absolute atomic E-state index is 5.01. The van der Waals surface area contributed by atoms with Gasteiger partial charge in [0.05, 0.1) is 5.41 Å². The molecule has 0 spiro atoms. The van der Waals surface area contributed by atoms with Crippen molar-refractivity contribution in [3.05, 3.63) is 234 Å². The number of aromatic nitrogens is 3. The van der Waals surface area contributed by atoms with E-state index in [4.69, 9.17) is 15.0 Å². The number of benzene rings is 8. The average Bonchev–Trinajstić information content (AvgIpc) is 3.58. The summed E-state index contributed by atoms with van der Waals surface area (Å²) < 4.78 is 0. The monoisotopic (exact) mass is 729 g/mol. The molecule has 3 heteroatoms. The molecule has 0 radical (unpaired) electrons. The van der Waals surface area contributed by atoms with Crippen LogP contribution >= 0.6 is 0 Å². The van der Waals surface area contributed by atoms with Crippen molar-refractivity contribution in [3.63, 3.8) is 0 Å². The van der Waals surface area contributed by atoms with Crippen molar-refractivity contribution in [1.29, 1.82) is 0 Å². The van der Waals surface area contributed by atoms with Gasteiger partial charge in [0.25, 0.3) is 0 Å². The third-order valence-corrected chi connectivity index (χ3v) is 11.4. The molecule has 1 aromatic heterocycles. The number of rotatable bonds is 7. The van der Waals surface area contributed by atoms with Crippen LogP contribution in [0, 0.1) is 13.8 Å². The summed E-state index contributed by atoms with van der Waals surface area (Å²) in [5.41, 5.74) is 17.2. The number of hydrogen-bond donors (Lipinski definition) is 0. The fourth-order valence-corrected chi connectivity index (χ4v) is 8.61. The zero-order valence-electron chi connectivity index (χ0n) is 31.9. The molecule has 1 aliphatic carbocycles. The van der Waals surface area contributed by atoms with Crippen LogP contribution in [-0.2, 0) is 5.41 Å². The summed E-state index contributed by atoms with van der Waals surface area (Å²) >= 11 is 0. The smallest absolute Gasteiger partial charge is 0.164 e. The summed E-state index contributed by atoms with van der Waals surface area (Å²) in [5, 5.41) is 0. The van der Waals surface area contributed by atoms with Crippen molar-refractivity contribution in [2.75, 3.05) is 0 Å². The Hall–Kier alpha value is -7.23. The summed E-state index contributed by atoms with van der Waals surface area (Å²) in [4.78, 5) is 14.9. The van der Waals surface area contributed by atoms with Crippen molar-refractivity contribution in [2.24, 2.45) is 0 Å². The third-order valence-electron chi connectivity index (χ3n) is 11.4. The molecular weight excluding hydrogens is 691 g/mol. The van der Waals surface area contributed by atoms with Crippen LogP contribution in [0.5, 0.6) is 0 Å². The zero-order valence-corrected chi connectivity index (χ0v) is 31.9. The highest BCUT2D eigenvalue weighted by Gasteiger charge is 2.46. The zero-order chi connectivity index (χ0) is 38.3. The molecule has 0 saturated heterocycles. The molecule has 270 valence electrons. The standard InChI is InChI=1S/C54H39N3/c1-36-26-30-44(31-27-36)54(45-32-28-37(2)29-33-45)48-24-10-9-22-47(48)50-46(23-13-25-49(50)54)42-20-11-18-40(34-42)41-19-12-21-43(35-41)53-56-51(38-14-5-3-6-15-38)55-52(57-53)39-16-7-4-8-17-39/h3-35H,1-2H3. The van der Waals surface area contributed by atoms with Gasteiger partial charge in [-0.25, -0.2) is 15.0 Å². The molecule has 9 aromatic rings. The molecule has 0 N–H and O–H groups in total. The van der Waals surface area contributed by atoms with E-state index in [9.17, 15) is 0 Å². The molecule has 0 bridgehead atoms. The average molecular weight is 730 g/mol. The summed E-state index contributed by atoms with van der Waals surface area (Å²) in [7, 11) is 0. The SMILES string of the molecule is Cc1ccc(C2(c3ccc(C)cc3)c3ccccc3-c3c(-c4cccc(-c5cccc(-c6nc(-c7ccccc7)nc(-c7ccccc7)n6)c5)c4)cccc32)cc1. The van der Waals surface area contributed by atoms with Crippen LogP contribution in [0.25, 0.3) is 67.5 Å². The van der Waals surface area contributed by atoms with E-state index in [1.54, 1.807) is 0 Å². The molecule has 0 fully saturated rings. The second-order valence-corrected chi connectivity index (χ2v) is 15.0. The van der Waals surface area contributed by atoms with Gasteiger partial charge in [-0.1, -0.05) is 199 Å². The minimum atomic E-state index is -0.461. The van der Waals surface area contributed by atoms with E-state index in [0.717, 1.165) is 27.8 Å². The predicted octanol–water partition coefficient (Wildman–Crippen LogP) is 13.2. The van der Waals surface area contributed by atoms with Gasteiger partial charge in [-0.2, -0.15) is 0 Å². The first-order chi connectivity index (χ1) is 28.1. The second-order valence-electron chi connectivity index (χ2n) is 15.0. The Morgan fingerprint density at radius 1 is 0.316 bits per heavy atom. The van der Waals surface area contributed by atoms with Crippen molar-refractivity contribution in [3.8, 4) is 67.5 Å². The second kappa shape index (κ2) is 14.1. The topological polar surface area (TPSA) is 38.7 Å². The fourth-order valence-electron chi connectivity index (χ4n) is 8.61. The van der Waals surface area contributed by atoms with Gasteiger partial charge in [-0.3, -0.25) is 0 Å². The molecule has 0 unspecified atom stereocenters. The van der Waals surface area contributed by atoms with Crippen LogP contribution in [0.15, 0.2) is 200 Å².